The highest BCUT2D eigenvalue weighted by atomic mass is 19.1. The molecular formula is C36H34FN7O4. The molecule has 0 radical (unpaired) electrons. The number of hydrogen-bond donors (Lipinski definition) is 2. The smallest absolute Gasteiger partial charge is 0.307 e. The van der Waals surface area contributed by atoms with Gasteiger partial charge in [-0.2, -0.15) is 5.26 Å². The summed E-state index contributed by atoms with van der Waals surface area (Å²) in [5.74, 6) is -1.73. The third-order valence-electron chi connectivity index (χ3n) is 9.45. The number of carboxylic acids is 1. The minimum absolute atomic E-state index is 0.0427. The topological polar surface area (TPSA) is 141 Å². The van der Waals surface area contributed by atoms with Crippen LogP contribution in [0.15, 0.2) is 52.9 Å². The summed E-state index contributed by atoms with van der Waals surface area (Å²) in [5, 5.41) is 22.0. The number of nitrogens with one attached hydrogen (secondary N) is 1. The highest BCUT2D eigenvalue weighted by molar-refractivity contribution is 6.02. The van der Waals surface area contributed by atoms with Crippen LogP contribution in [-0.2, 0) is 31.4 Å². The Hall–Kier alpha value is -5.38. The van der Waals surface area contributed by atoms with E-state index < -0.39 is 23.6 Å². The number of nitrogens with zero attached hydrogens (tertiary/aromatic N) is 6. The number of carboxylic acid groups (broad SMARTS) is 1. The highest BCUT2D eigenvalue weighted by Gasteiger charge is 2.29. The van der Waals surface area contributed by atoms with Gasteiger partial charge in [0, 0.05) is 56.5 Å². The Bertz CT molecular complexity index is 2150. The van der Waals surface area contributed by atoms with Crippen molar-refractivity contribution >= 4 is 28.7 Å². The van der Waals surface area contributed by atoms with Gasteiger partial charge in [-0.05, 0) is 67.9 Å². The van der Waals surface area contributed by atoms with E-state index in [0.717, 1.165) is 29.9 Å². The van der Waals surface area contributed by atoms with Crippen molar-refractivity contribution in [1.82, 2.24) is 24.3 Å². The molecule has 1 saturated heterocycles. The van der Waals surface area contributed by atoms with E-state index in [1.807, 2.05) is 33.2 Å². The Kier molecular flexibility index (Phi) is 8.02. The molecule has 0 aliphatic carbocycles. The summed E-state index contributed by atoms with van der Waals surface area (Å²) in [5.41, 5.74) is 6.19. The number of fused-ring (bicyclic) bond motifs is 2. The molecule has 1 fully saturated rings. The Morgan fingerprint density at radius 2 is 1.88 bits per heavy atom. The molecule has 12 heteroatoms. The van der Waals surface area contributed by atoms with E-state index in [-0.39, 0.29) is 11.5 Å². The van der Waals surface area contributed by atoms with E-state index in [9.17, 15) is 20.0 Å². The lowest BCUT2D eigenvalue weighted by atomic mass is 9.95. The number of anilines is 1. The van der Waals surface area contributed by atoms with Crippen LogP contribution in [0.25, 0.3) is 33.7 Å². The Balaban J connectivity index is 1.17. The molecule has 0 spiro atoms. The number of aliphatic carboxylic acids is 1. The molecule has 0 bridgehead atoms. The van der Waals surface area contributed by atoms with Gasteiger partial charge in [-0.3, -0.25) is 14.5 Å². The second kappa shape index (κ2) is 12.3. The van der Waals surface area contributed by atoms with Crippen LogP contribution in [0.1, 0.15) is 45.1 Å². The van der Waals surface area contributed by atoms with Gasteiger partial charge >= 0.3 is 5.97 Å². The van der Waals surface area contributed by atoms with Crippen LogP contribution in [0.2, 0.25) is 0 Å². The zero-order chi connectivity index (χ0) is 33.7. The maximum Gasteiger partial charge on any atom is 0.307 e. The number of nitriles is 1. The molecule has 7 rings (SSSR count). The zero-order valence-electron chi connectivity index (χ0n) is 26.9. The van der Waals surface area contributed by atoms with Gasteiger partial charge < -0.3 is 24.3 Å². The summed E-state index contributed by atoms with van der Waals surface area (Å²) in [6.45, 7) is 5.00. The fraction of sp³-hybridized carbons (Fsp3) is 0.306. The van der Waals surface area contributed by atoms with Gasteiger partial charge in [0.15, 0.2) is 17.2 Å². The summed E-state index contributed by atoms with van der Waals surface area (Å²) >= 11 is 0. The number of amides is 1. The molecule has 4 heterocycles. The first-order valence-electron chi connectivity index (χ1n) is 15.8. The molecule has 1 unspecified atom stereocenters. The Morgan fingerprint density at radius 3 is 2.65 bits per heavy atom. The van der Waals surface area contributed by atoms with Gasteiger partial charge in [-0.25, -0.2) is 14.4 Å². The number of likely N-dealkylation sites (N-methyl/N-ethyl adjacent to an activating group) is 1. The van der Waals surface area contributed by atoms with Crippen LogP contribution in [-0.4, -0.2) is 68.0 Å². The van der Waals surface area contributed by atoms with Gasteiger partial charge in [0.05, 0.1) is 22.9 Å². The monoisotopic (exact) mass is 647 g/mol. The lowest BCUT2D eigenvalue weighted by molar-refractivity contribution is -0.141. The van der Waals surface area contributed by atoms with Gasteiger partial charge in [0.2, 0.25) is 5.89 Å². The number of likely N-dealkylation sites (tertiary alicyclic amines) is 1. The molecule has 2 aliphatic rings. The van der Waals surface area contributed by atoms with Crippen molar-refractivity contribution in [1.29, 1.82) is 5.26 Å². The second-order valence-corrected chi connectivity index (χ2v) is 12.7. The predicted molar refractivity (Wildman–Crippen MR) is 177 cm³/mol. The number of hydrogen-bond acceptors (Lipinski definition) is 8. The fourth-order valence-electron chi connectivity index (χ4n) is 6.85. The Labute approximate surface area is 276 Å². The number of imidazole rings is 1. The van der Waals surface area contributed by atoms with Crippen LogP contribution in [0.5, 0.6) is 0 Å². The molecule has 244 valence electrons. The maximum absolute atomic E-state index is 16.1. The summed E-state index contributed by atoms with van der Waals surface area (Å²) in [6, 6.07) is 16.1. The largest absolute Gasteiger partial charge is 0.481 e. The van der Waals surface area contributed by atoms with Crippen molar-refractivity contribution in [2.75, 3.05) is 32.0 Å². The summed E-state index contributed by atoms with van der Waals surface area (Å²) in [7, 11) is 3.82. The minimum atomic E-state index is -0.795. The van der Waals surface area contributed by atoms with Crippen LogP contribution in [0.4, 0.5) is 10.1 Å². The molecule has 2 aromatic heterocycles. The first-order chi connectivity index (χ1) is 23.1. The number of aromatic nitrogens is 3. The second-order valence-electron chi connectivity index (χ2n) is 12.7. The third-order valence-corrected chi connectivity index (χ3v) is 9.45. The van der Waals surface area contributed by atoms with E-state index in [4.69, 9.17) is 9.40 Å². The van der Waals surface area contributed by atoms with Crippen molar-refractivity contribution in [2.45, 2.75) is 32.9 Å². The van der Waals surface area contributed by atoms with Crippen molar-refractivity contribution < 1.29 is 23.5 Å². The number of oxazole rings is 1. The summed E-state index contributed by atoms with van der Waals surface area (Å²) < 4.78 is 24.0. The molecule has 5 aromatic rings. The van der Waals surface area contributed by atoms with E-state index in [2.05, 4.69) is 26.2 Å². The number of halogens is 1. The molecule has 2 aliphatic heterocycles. The average Bonchev–Trinajstić information content (AvgIpc) is 3.79. The summed E-state index contributed by atoms with van der Waals surface area (Å²) in [4.78, 5) is 38.2. The van der Waals surface area contributed by atoms with E-state index in [1.54, 1.807) is 34.9 Å². The van der Waals surface area contributed by atoms with Gasteiger partial charge in [0.25, 0.3) is 5.91 Å². The zero-order valence-corrected chi connectivity index (χ0v) is 26.9. The van der Waals surface area contributed by atoms with Crippen molar-refractivity contribution in [3.05, 3.63) is 88.3 Å². The minimum Gasteiger partial charge on any atom is -0.481 e. The van der Waals surface area contributed by atoms with Crippen LogP contribution < -0.4 is 5.32 Å². The highest BCUT2D eigenvalue weighted by Crippen LogP contribution is 2.37. The fourth-order valence-corrected chi connectivity index (χ4v) is 6.85. The van der Waals surface area contributed by atoms with Crippen LogP contribution in [0, 0.1) is 30.0 Å². The van der Waals surface area contributed by atoms with Gasteiger partial charge in [-0.15, -0.1) is 0 Å². The first-order valence-corrected chi connectivity index (χ1v) is 15.8. The average molecular weight is 648 g/mol. The molecule has 2 N–H and O–H groups in total. The number of carbonyl (C=O) groups is 2. The van der Waals surface area contributed by atoms with E-state index >= 15 is 4.39 Å². The lowest BCUT2D eigenvalue weighted by Crippen LogP contribution is -2.27. The standard InChI is InChI=1S/C36H34FN7O4/c1-20-24(26-8-5-9-27(31(26)37)40-34(45)33-39-29-19-42(2)12-11-30(29)43(33)3)6-4-7-25(20)35-41-28-15-21(14-23(16-38)32(28)48-35)17-44-13-10-22(18-44)36(46)47/h4-9,14-15,22H,10-13,17-19H2,1-3H3,(H,40,45)(H,46,47). The predicted octanol–water partition coefficient (Wildman–Crippen LogP) is 5.36. The quantitative estimate of drug-likeness (QED) is 0.239. The number of rotatable bonds is 7. The molecule has 48 heavy (non-hydrogen) atoms. The number of carbonyl (C=O) groups excluding carboxylic acids is 1. The normalized spacial score (nSPS) is 16.6. The molecule has 11 nitrogen and oxygen atoms in total. The number of benzene rings is 3. The molecular weight excluding hydrogens is 613 g/mol. The molecule has 3 aromatic carbocycles. The van der Waals surface area contributed by atoms with Crippen molar-refractivity contribution in [3.63, 3.8) is 0 Å². The van der Waals surface area contributed by atoms with Gasteiger partial charge in [-0.1, -0.05) is 24.3 Å². The maximum atomic E-state index is 16.1. The van der Waals surface area contributed by atoms with E-state index in [1.165, 1.54) is 6.07 Å². The van der Waals surface area contributed by atoms with Crippen molar-refractivity contribution in [3.8, 4) is 28.7 Å². The van der Waals surface area contributed by atoms with Gasteiger partial charge in [0.1, 0.15) is 11.6 Å². The molecule has 1 amide bonds. The lowest BCUT2D eigenvalue weighted by Gasteiger charge is -2.21. The third kappa shape index (κ3) is 5.61. The van der Waals surface area contributed by atoms with Crippen LogP contribution in [0.3, 0.4) is 0 Å². The SMILES string of the molecule is Cc1c(-c2nc3cc(CN4CCC(C(=O)O)C4)cc(C#N)c3o2)cccc1-c1cccc(NC(=O)c2nc3c(n2C)CCN(C)C3)c1F. The molecule has 1 atom stereocenters. The van der Waals surface area contributed by atoms with Crippen LogP contribution >= 0.6 is 0 Å². The molecule has 0 saturated carbocycles. The van der Waals surface area contributed by atoms with E-state index in [0.29, 0.717) is 77.4 Å². The first kappa shape index (κ1) is 31.2. The Morgan fingerprint density at radius 1 is 1.10 bits per heavy atom. The van der Waals surface area contributed by atoms with Crippen molar-refractivity contribution in [2.24, 2.45) is 13.0 Å². The summed E-state index contributed by atoms with van der Waals surface area (Å²) in [6.07, 6.45) is 1.38.